The van der Waals surface area contributed by atoms with Gasteiger partial charge in [-0.3, -0.25) is 0 Å². The highest BCUT2D eigenvalue weighted by molar-refractivity contribution is 6.35. The highest BCUT2D eigenvalue weighted by Crippen LogP contribution is 2.24. The number of aromatic amines is 1. The van der Waals surface area contributed by atoms with Gasteiger partial charge in [-0.1, -0.05) is 23.2 Å². The number of H-pyrrole nitrogens is 1. The molecule has 0 fully saturated rings. The minimum Gasteiger partial charge on any atom is -0.345 e. The van der Waals surface area contributed by atoms with E-state index >= 15 is 0 Å². The van der Waals surface area contributed by atoms with Crippen molar-refractivity contribution in [1.82, 2.24) is 9.97 Å². The summed E-state index contributed by atoms with van der Waals surface area (Å²) < 4.78 is 0. The maximum Gasteiger partial charge on any atom is 0.137 e. The van der Waals surface area contributed by atoms with Crippen LogP contribution in [0.15, 0.2) is 30.6 Å². The zero-order valence-corrected chi connectivity index (χ0v) is 8.10. The first-order valence-corrected chi connectivity index (χ1v) is 4.47. The summed E-state index contributed by atoms with van der Waals surface area (Å²) >= 11 is 11.7. The maximum atomic E-state index is 5.84. The van der Waals surface area contributed by atoms with Crippen LogP contribution in [0.5, 0.6) is 0 Å². The van der Waals surface area contributed by atoms with Crippen LogP contribution >= 0.6 is 23.2 Å². The molecule has 1 N–H and O–H groups in total. The number of nitrogens with zero attached hydrogens (tertiary/aromatic N) is 1. The molecular formula is C9H6Cl2N2. The molecule has 0 aliphatic heterocycles. The summed E-state index contributed by atoms with van der Waals surface area (Å²) in [5.74, 6) is 0.768. The van der Waals surface area contributed by atoms with Gasteiger partial charge in [0.25, 0.3) is 0 Å². The SMILES string of the molecule is Clc1cc(Cl)cc(-c2ncc[nH]2)c1. The molecule has 2 rings (SSSR count). The van der Waals surface area contributed by atoms with Gasteiger partial charge in [0.15, 0.2) is 0 Å². The van der Waals surface area contributed by atoms with Crippen molar-refractivity contribution in [3.63, 3.8) is 0 Å². The van der Waals surface area contributed by atoms with E-state index in [1.807, 2.05) is 12.1 Å². The molecule has 0 saturated carbocycles. The van der Waals surface area contributed by atoms with E-state index < -0.39 is 0 Å². The summed E-state index contributed by atoms with van der Waals surface area (Å²) in [5, 5.41) is 1.22. The number of nitrogens with one attached hydrogen (secondary N) is 1. The third-order valence-electron chi connectivity index (χ3n) is 1.63. The van der Waals surface area contributed by atoms with Crippen LogP contribution in [0.1, 0.15) is 0 Å². The van der Waals surface area contributed by atoms with Gasteiger partial charge in [-0.05, 0) is 18.2 Å². The van der Waals surface area contributed by atoms with E-state index in [1.54, 1.807) is 18.5 Å². The summed E-state index contributed by atoms with van der Waals surface area (Å²) in [7, 11) is 0. The molecule has 0 saturated heterocycles. The van der Waals surface area contributed by atoms with Gasteiger partial charge in [0, 0.05) is 28.0 Å². The van der Waals surface area contributed by atoms with Crippen LogP contribution in [0.2, 0.25) is 10.0 Å². The number of rotatable bonds is 1. The molecular weight excluding hydrogens is 207 g/mol. The minimum absolute atomic E-state index is 0.610. The fourth-order valence-electron chi connectivity index (χ4n) is 1.11. The molecule has 0 unspecified atom stereocenters. The number of aromatic nitrogens is 2. The largest absolute Gasteiger partial charge is 0.345 e. The molecule has 1 aromatic heterocycles. The van der Waals surface area contributed by atoms with Gasteiger partial charge < -0.3 is 4.98 Å². The lowest BCUT2D eigenvalue weighted by atomic mass is 10.2. The first-order chi connectivity index (χ1) is 6.25. The zero-order chi connectivity index (χ0) is 9.26. The second kappa shape index (κ2) is 3.40. The molecule has 66 valence electrons. The van der Waals surface area contributed by atoms with E-state index in [-0.39, 0.29) is 0 Å². The molecule has 0 bridgehead atoms. The summed E-state index contributed by atoms with van der Waals surface area (Å²) in [6.45, 7) is 0. The van der Waals surface area contributed by atoms with Crippen molar-refractivity contribution in [3.8, 4) is 11.4 Å². The Kier molecular flexibility index (Phi) is 2.25. The number of hydrogen-bond donors (Lipinski definition) is 1. The van der Waals surface area contributed by atoms with Crippen molar-refractivity contribution in [3.05, 3.63) is 40.6 Å². The first kappa shape index (κ1) is 8.60. The third-order valence-corrected chi connectivity index (χ3v) is 2.07. The third kappa shape index (κ3) is 1.85. The van der Waals surface area contributed by atoms with Gasteiger partial charge in [-0.15, -0.1) is 0 Å². The Hall–Kier alpha value is -0.990. The van der Waals surface area contributed by atoms with Gasteiger partial charge in [0.05, 0.1) is 0 Å². The second-order valence-electron chi connectivity index (χ2n) is 2.60. The number of imidazole rings is 1. The molecule has 1 aromatic carbocycles. The van der Waals surface area contributed by atoms with Crippen LogP contribution in [0, 0.1) is 0 Å². The number of hydrogen-bond acceptors (Lipinski definition) is 1. The molecule has 4 heteroatoms. The summed E-state index contributed by atoms with van der Waals surface area (Å²) in [4.78, 5) is 7.08. The van der Waals surface area contributed by atoms with Gasteiger partial charge in [-0.2, -0.15) is 0 Å². The Balaban J connectivity index is 2.53. The molecule has 2 nitrogen and oxygen atoms in total. The zero-order valence-electron chi connectivity index (χ0n) is 6.59. The van der Waals surface area contributed by atoms with Crippen LogP contribution in [0.4, 0.5) is 0 Å². The van der Waals surface area contributed by atoms with E-state index in [0.29, 0.717) is 10.0 Å². The van der Waals surface area contributed by atoms with E-state index in [2.05, 4.69) is 9.97 Å². The van der Waals surface area contributed by atoms with Gasteiger partial charge in [0.1, 0.15) is 5.82 Å². The predicted octanol–water partition coefficient (Wildman–Crippen LogP) is 3.38. The highest BCUT2D eigenvalue weighted by Gasteiger charge is 2.02. The van der Waals surface area contributed by atoms with Crippen molar-refractivity contribution in [2.45, 2.75) is 0 Å². The molecule has 0 atom stereocenters. The molecule has 2 aromatic rings. The Morgan fingerprint density at radius 3 is 2.31 bits per heavy atom. The van der Waals surface area contributed by atoms with E-state index in [9.17, 15) is 0 Å². The van der Waals surface area contributed by atoms with E-state index in [1.165, 1.54) is 0 Å². The lowest BCUT2D eigenvalue weighted by Crippen LogP contribution is -1.80. The van der Waals surface area contributed by atoms with E-state index in [0.717, 1.165) is 11.4 Å². The Morgan fingerprint density at radius 1 is 1.08 bits per heavy atom. The monoisotopic (exact) mass is 212 g/mol. The fourth-order valence-corrected chi connectivity index (χ4v) is 1.64. The van der Waals surface area contributed by atoms with Crippen molar-refractivity contribution in [2.75, 3.05) is 0 Å². The molecule has 0 radical (unpaired) electrons. The molecule has 0 amide bonds. The van der Waals surface area contributed by atoms with Crippen molar-refractivity contribution >= 4 is 23.2 Å². The lowest BCUT2D eigenvalue weighted by molar-refractivity contribution is 1.31. The van der Waals surface area contributed by atoms with Gasteiger partial charge >= 0.3 is 0 Å². The molecule has 0 aliphatic rings. The summed E-state index contributed by atoms with van der Waals surface area (Å²) in [6.07, 6.45) is 3.44. The number of benzene rings is 1. The highest BCUT2D eigenvalue weighted by atomic mass is 35.5. The van der Waals surface area contributed by atoms with Crippen molar-refractivity contribution in [2.24, 2.45) is 0 Å². The minimum atomic E-state index is 0.610. The predicted molar refractivity (Wildman–Crippen MR) is 54.0 cm³/mol. The standard InChI is InChI=1S/C9H6Cl2N2/c10-7-3-6(4-8(11)5-7)9-12-1-2-13-9/h1-5H,(H,12,13). The second-order valence-corrected chi connectivity index (χ2v) is 3.47. The normalized spacial score (nSPS) is 10.3. The topological polar surface area (TPSA) is 28.7 Å². The lowest BCUT2D eigenvalue weighted by Gasteiger charge is -1.98. The van der Waals surface area contributed by atoms with Gasteiger partial charge in [0.2, 0.25) is 0 Å². The van der Waals surface area contributed by atoms with E-state index in [4.69, 9.17) is 23.2 Å². The van der Waals surface area contributed by atoms with Crippen LogP contribution < -0.4 is 0 Å². The summed E-state index contributed by atoms with van der Waals surface area (Å²) in [6, 6.07) is 5.31. The smallest absolute Gasteiger partial charge is 0.137 e. The first-order valence-electron chi connectivity index (χ1n) is 3.71. The maximum absolute atomic E-state index is 5.84. The average molecular weight is 213 g/mol. The van der Waals surface area contributed by atoms with Crippen LogP contribution in [0.25, 0.3) is 11.4 Å². The van der Waals surface area contributed by atoms with Crippen LogP contribution in [0.3, 0.4) is 0 Å². The van der Waals surface area contributed by atoms with Gasteiger partial charge in [-0.25, -0.2) is 4.98 Å². The quantitative estimate of drug-likeness (QED) is 0.772. The molecule has 0 aliphatic carbocycles. The number of halogens is 2. The van der Waals surface area contributed by atoms with Crippen LogP contribution in [-0.4, -0.2) is 9.97 Å². The fraction of sp³-hybridized carbons (Fsp3) is 0. The summed E-state index contributed by atoms with van der Waals surface area (Å²) in [5.41, 5.74) is 0.891. The average Bonchev–Trinajstić information content (AvgIpc) is 2.53. The Labute approximate surface area is 85.5 Å². The van der Waals surface area contributed by atoms with Crippen LogP contribution in [-0.2, 0) is 0 Å². The van der Waals surface area contributed by atoms with Crippen molar-refractivity contribution in [1.29, 1.82) is 0 Å². The molecule has 0 spiro atoms. The Bertz CT molecular complexity index is 389. The van der Waals surface area contributed by atoms with Crippen molar-refractivity contribution < 1.29 is 0 Å². The molecule has 1 heterocycles. The molecule has 13 heavy (non-hydrogen) atoms. The Morgan fingerprint density at radius 2 is 1.77 bits per heavy atom.